The SMILES string of the molecule is CC(O)c1cc(-c2c(Cl)ccc(Cl)c2Cl)no1. The molecule has 2 aromatic rings. The molecule has 90 valence electrons. The lowest BCUT2D eigenvalue weighted by molar-refractivity contribution is 0.158. The number of hydrogen-bond acceptors (Lipinski definition) is 3. The molecule has 17 heavy (non-hydrogen) atoms. The molecule has 0 aliphatic heterocycles. The van der Waals surface area contributed by atoms with E-state index in [-0.39, 0.29) is 0 Å². The van der Waals surface area contributed by atoms with Crippen LogP contribution in [0.4, 0.5) is 0 Å². The lowest BCUT2D eigenvalue weighted by Crippen LogP contribution is -1.86. The van der Waals surface area contributed by atoms with Crippen molar-refractivity contribution in [2.75, 3.05) is 0 Å². The maximum Gasteiger partial charge on any atom is 0.165 e. The minimum Gasteiger partial charge on any atom is -0.385 e. The third-order valence-electron chi connectivity index (χ3n) is 2.24. The first-order valence-corrected chi connectivity index (χ1v) is 5.92. The summed E-state index contributed by atoms with van der Waals surface area (Å²) in [7, 11) is 0. The molecule has 1 heterocycles. The molecule has 3 nitrogen and oxygen atoms in total. The second-order valence-electron chi connectivity index (χ2n) is 3.51. The number of benzene rings is 1. The van der Waals surface area contributed by atoms with E-state index in [1.54, 1.807) is 25.1 Å². The number of aliphatic hydroxyl groups excluding tert-OH is 1. The topological polar surface area (TPSA) is 46.3 Å². The number of aromatic nitrogens is 1. The van der Waals surface area contributed by atoms with Crippen LogP contribution in [0, 0.1) is 0 Å². The predicted octanol–water partition coefficient (Wildman–Crippen LogP) is 4.36. The first-order chi connectivity index (χ1) is 8.00. The van der Waals surface area contributed by atoms with E-state index < -0.39 is 6.10 Å². The van der Waals surface area contributed by atoms with E-state index in [2.05, 4.69) is 5.16 Å². The Morgan fingerprint density at radius 3 is 2.47 bits per heavy atom. The van der Waals surface area contributed by atoms with E-state index in [0.717, 1.165) is 0 Å². The number of nitrogens with zero attached hydrogens (tertiary/aromatic N) is 1. The summed E-state index contributed by atoms with van der Waals surface area (Å²) in [6.45, 7) is 1.57. The van der Waals surface area contributed by atoms with Gasteiger partial charge < -0.3 is 9.63 Å². The molecule has 2 rings (SSSR count). The molecule has 0 fully saturated rings. The largest absolute Gasteiger partial charge is 0.385 e. The van der Waals surface area contributed by atoms with Crippen molar-refractivity contribution in [3.8, 4) is 11.3 Å². The third kappa shape index (κ3) is 2.43. The van der Waals surface area contributed by atoms with Gasteiger partial charge in [0.25, 0.3) is 0 Å². The average Bonchev–Trinajstić information content (AvgIpc) is 2.73. The molecular weight excluding hydrogens is 284 g/mol. The number of halogens is 3. The van der Waals surface area contributed by atoms with Crippen molar-refractivity contribution in [2.24, 2.45) is 0 Å². The van der Waals surface area contributed by atoms with Gasteiger partial charge in [0.2, 0.25) is 0 Å². The lowest BCUT2D eigenvalue weighted by Gasteiger charge is -2.04. The van der Waals surface area contributed by atoms with Crippen molar-refractivity contribution in [3.05, 3.63) is 39.0 Å². The predicted molar refractivity (Wildman–Crippen MR) is 67.6 cm³/mol. The van der Waals surface area contributed by atoms with Crippen LogP contribution in [0.1, 0.15) is 18.8 Å². The second kappa shape index (κ2) is 4.86. The maximum absolute atomic E-state index is 9.35. The summed E-state index contributed by atoms with van der Waals surface area (Å²) in [6.07, 6.45) is -0.743. The summed E-state index contributed by atoms with van der Waals surface area (Å²) >= 11 is 18.0. The fourth-order valence-corrected chi connectivity index (χ4v) is 2.09. The second-order valence-corrected chi connectivity index (χ2v) is 4.70. The first-order valence-electron chi connectivity index (χ1n) is 4.79. The molecule has 1 unspecified atom stereocenters. The Morgan fingerprint density at radius 2 is 1.88 bits per heavy atom. The summed E-state index contributed by atoms with van der Waals surface area (Å²) in [5, 5.41) is 14.3. The van der Waals surface area contributed by atoms with Gasteiger partial charge in [0.15, 0.2) is 5.76 Å². The van der Waals surface area contributed by atoms with Crippen LogP contribution >= 0.6 is 34.8 Å². The van der Waals surface area contributed by atoms with E-state index in [1.807, 2.05) is 0 Å². The van der Waals surface area contributed by atoms with Crippen LogP contribution in [-0.4, -0.2) is 10.3 Å². The van der Waals surface area contributed by atoms with Gasteiger partial charge in [-0.05, 0) is 19.1 Å². The van der Waals surface area contributed by atoms with Crippen LogP contribution in [0.5, 0.6) is 0 Å². The molecule has 0 aliphatic carbocycles. The minimum atomic E-state index is -0.743. The fraction of sp³-hybridized carbons (Fsp3) is 0.182. The smallest absolute Gasteiger partial charge is 0.165 e. The van der Waals surface area contributed by atoms with Crippen LogP contribution in [0.15, 0.2) is 22.7 Å². The number of aliphatic hydroxyl groups is 1. The van der Waals surface area contributed by atoms with Gasteiger partial charge in [-0.25, -0.2) is 0 Å². The number of hydrogen-bond donors (Lipinski definition) is 1. The Kier molecular flexibility index (Phi) is 3.64. The summed E-state index contributed by atoms with van der Waals surface area (Å²) < 4.78 is 4.97. The molecule has 1 aromatic carbocycles. The normalized spacial score (nSPS) is 12.8. The molecule has 1 N–H and O–H groups in total. The van der Waals surface area contributed by atoms with Crippen LogP contribution in [0.2, 0.25) is 15.1 Å². The first kappa shape index (κ1) is 12.7. The van der Waals surface area contributed by atoms with E-state index >= 15 is 0 Å². The Morgan fingerprint density at radius 1 is 1.24 bits per heavy atom. The zero-order valence-corrected chi connectivity index (χ0v) is 11.0. The molecule has 0 radical (unpaired) electrons. The van der Waals surface area contributed by atoms with Crippen molar-refractivity contribution >= 4 is 34.8 Å². The summed E-state index contributed by atoms with van der Waals surface area (Å²) in [5.41, 5.74) is 0.940. The van der Waals surface area contributed by atoms with Gasteiger partial charge in [-0.15, -0.1) is 0 Å². The molecule has 1 aromatic heterocycles. The van der Waals surface area contributed by atoms with Crippen LogP contribution in [0.3, 0.4) is 0 Å². The summed E-state index contributed by atoms with van der Waals surface area (Å²) in [5.74, 6) is 0.340. The van der Waals surface area contributed by atoms with Crippen LogP contribution < -0.4 is 0 Å². The van der Waals surface area contributed by atoms with E-state index in [9.17, 15) is 5.11 Å². The highest BCUT2D eigenvalue weighted by Gasteiger charge is 2.17. The average molecular weight is 293 g/mol. The van der Waals surface area contributed by atoms with Crippen molar-refractivity contribution in [3.63, 3.8) is 0 Å². The monoisotopic (exact) mass is 291 g/mol. The third-order valence-corrected chi connectivity index (χ3v) is 3.36. The standard InChI is InChI=1S/C11H8Cl3NO2/c1-5(16)9-4-8(15-17-9)10-6(12)2-3-7(13)11(10)14/h2-5,16H,1H3. The van der Waals surface area contributed by atoms with Gasteiger partial charge in [0.05, 0.1) is 15.1 Å². The molecule has 0 saturated carbocycles. The van der Waals surface area contributed by atoms with Crippen LogP contribution in [-0.2, 0) is 0 Å². The van der Waals surface area contributed by atoms with Gasteiger partial charge in [-0.3, -0.25) is 0 Å². The quantitative estimate of drug-likeness (QED) is 0.837. The van der Waals surface area contributed by atoms with E-state index in [1.165, 1.54) is 0 Å². The van der Waals surface area contributed by atoms with E-state index in [0.29, 0.717) is 32.1 Å². The molecule has 1 atom stereocenters. The molecule has 0 amide bonds. The van der Waals surface area contributed by atoms with Crippen molar-refractivity contribution < 1.29 is 9.63 Å². The Labute approximate surface area is 113 Å². The summed E-state index contributed by atoms with van der Waals surface area (Å²) in [4.78, 5) is 0. The van der Waals surface area contributed by atoms with Gasteiger partial charge in [0, 0.05) is 11.6 Å². The Bertz CT molecular complexity index is 552. The molecular formula is C11H8Cl3NO2. The van der Waals surface area contributed by atoms with Gasteiger partial charge in [0.1, 0.15) is 11.8 Å². The molecule has 0 bridgehead atoms. The van der Waals surface area contributed by atoms with Gasteiger partial charge in [-0.1, -0.05) is 40.0 Å². The van der Waals surface area contributed by atoms with Gasteiger partial charge >= 0.3 is 0 Å². The van der Waals surface area contributed by atoms with Crippen LogP contribution in [0.25, 0.3) is 11.3 Å². The maximum atomic E-state index is 9.35. The van der Waals surface area contributed by atoms with E-state index in [4.69, 9.17) is 39.3 Å². The fourth-order valence-electron chi connectivity index (χ4n) is 1.37. The molecule has 0 spiro atoms. The van der Waals surface area contributed by atoms with Crippen molar-refractivity contribution in [1.82, 2.24) is 5.16 Å². The zero-order chi connectivity index (χ0) is 12.6. The molecule has 0 aliphatic rings. The highest BCUT2D eigenvalue weighted by atomic mass is 35.5. The minimum absolute atomic E-state index is 0.310. The molecule has 6 heteroatoms. The molecule has 0 saturated heterocycles. The highest BCUT2D eigenvalue weighted by molar-refractivity contribution is 6.46. The van der Waals surface area contributed by atoms with Gasteiger partial charge in [-0.2, -0.15) is 0 Å². The highest BCUT2D eigenvalue weighted by Crippen LogP contribution is 2.39. The number of rotatable bonds is 2. The van der Waals surface area contributed by atoms with Crippen molar-refractivity contribution in [2.45, 2.75) is 13.0 Å². The Hall–Kier alpha value is -0.740. The van der Waals surface area contributed by atoms with Crippen molar-refractivity contribution in [1.29, 1.82) is 0 Å². The zero-order valence-electron chi connectivity index (χ0n) is 8.75. The lowest BCUT2D eigenvalue weighted by atomic mass is 10.1. The summed E-state index contributed by atoms with van der Waals surface area (Å²) in [6, 6.07) is 4.81. The Balaban J connectivity index is 2.56.